The molecule has 5 nitrogen and oxygen atoms in total. The summed E-state index contributed by atoms with van der Waals surface area (Å²) in [6.45, 7) is 3.94. The number of ether oxygens (including phenoxy) is 1. The molecule has 0 saturated carbocycles. The number of anilines is 1. The summed E-state index contributed by atoms with van der Waals surface area (Å²) in [6.07, 6.45) is 1.55. The largest absolute Gasteiger partial charge is 0.394 e. The van der Waals surface area contributed by atoms with E-state index < -0.39 is 0 Å². The fraction of sp³-hybridized carbons (Fsp3) is 0.583. The summed E-state index contributed by atoms with van der Waals surface area (Å²) < 4.78 is 5.41. The number of rotatable bonds is 3. The lowest BCUT2D eigenvalue weighted by molar-refractivity contribution is 0.00347. The van der Waals surface area contributed by atoms with Crippen LogP contribution in [0, 0.1) is 6.92 Å². The number of hydrogen-bond acceptors (Lipinski definition) is 5. The maximum atomic E-state index is 9.32. The van der Waals surface area contributed by atoms with E-state index in [1.54, 1.807) is 6.20 Å². The lowest BCUT2D eigenvalue weighted by atomic mass is 10.1. The van der Waals surface area contributed by atoms with Gasteiger partial charge in [-0.25, -0.2) is 0 Å². The fourth-order valence-electron chi connectivity index (χ4n) is 2.04. The van der Waals surface area contributed by atoms with Crippen molar-refractivity contribution in [1.82, 2.24) is 4.98 Å². The molecule has 2 N–H and O–H groups in total. The van der Waals surface area contributed by atoms with Gasteiger partial charge >= 0.3 is 0 Å². The highest BCUT2D eigenvalue weighted by atomic mass is 16.5. The zero-order valence-electron chi connectivity index (χ0n) is 9.96. The van der Waals surface area contributed by atoms with Crippen LogP contribution in [-0.4, -0.2) is 47.6 Å². The molecule has 1 aliphatic heterocycles. The van der Waals surface area contributed by atoms with E-state index in [4.69, 9.17) is 9.84 Å². The van der Waals surface area contributed by atoms with Crippen LogP contribution in [0.15, 0.2) is 12.3 Å². The summed E-state index contributed by atoms with van der Waals surface area (Å²) in [7, 11) is 0. The lowest BCUT2D eigenvalue weighted by Crippen LogP contribution is -2.44. The first-order valence-corrected chi connectivity index (χ1v) is 5.78. The van der Waals surface area contributed by atoms with Crippen LogP contribution in [0.5, 0.6) is 0 Å². The van der Waals surface area contributed by atoms with E-state index in [1.807, 2.05) is 13.0 Å². The molecule has 0 spiro atoms. The number of aromatic nitrogens is 1. The van der Waals surface area contributed by atoms with Crippen LogP contribution < -0.4 is 4.90 Å². The molecular formula is C12H18N2O3. The van der Waals surface area contributed by atoms with Crippen molar-refractivity contribution in [3.05, 3.63) is 23.5 Å². The van der Waals surface area contributed by atoms with Gasteiger partial charge in [0, 0.05) is 36.2 Å². The Labute approximate surface area is 101 Å². The van der Waals surface area contributed by atoms with Crippen molar-refractivity contribution < 1.29 is 14.9 Å². The van der Waals surface area contributed by atoms with Gasteiger partial charge in [0.1, 0.15) is 0 Å². The first kappa shape index (κ1) is 12.3. The molecule has 1 aromatic heterocycles. The zero-order valence-corrected chi connectivity index (χ0v) is 9.96. The maximum Gasteiger partial charge on any atom is 0.0980 e. The highest BCUT2D eigenvalue weighted by Crippen LogP contribution is 2.23. The molecule has 0 bridgehead atoms. The Kier molecular flexibility index (Phi) is 3.93. The van der Waals surface area contributed by atoms with Crippen LogP contribution in [0.2, 0.25) is 0 Å². The van der Waals surface area contributed by atoms with Gasteiger partial charge in [0.2, 0.25) is 0 Å². The summed E-state index contributed by atoms with van der Waals surface area (Å²) in [5.74, 6) is 0. The molecule has 2 heterocycles. The van der Waals surface area contributed by atoms with Gasteiger partial charge in [0.25, 0.3) is 0 Å². The number of nitrogens with zero attached hydrogens (tertiary/aromatic N) is 2. The van der Waals surface area contributed by atoms with E-state index in [0.717, 1.165) is 23.5 Å². The van der Waals surface area contributed by atoms with E-state index in [9.17, 15) is 5.11 Å². The molecule has 1 aromatic rings. The Morgan fingerprint density at radius 1 is 1.53 bits per heavy atom. The molecule has 0 aliphatic carbocycles. The van der Waals surface area contributed by atoms with E-state index in [1.165, 1.54) is 0 Å². The molecule has 0 amide bonds. The third kappa shape index (κ3) is 2.74. The molecule has 1 atom stereocenters. The SMILES string of the molecule is Cc1cc(N2CCOC(CO)C2)c(CO)cn1. The normalized spacial score (nSPS) is 20.6. The molecule has 5 heteroatoms. The lowest BCUT2D eigenvalue weighted by Gasteiger charge is -2.34. The minimum absolute atomic E-state index is 0.0228. The highest BCUT2D eigenvalue weighted by Gasteiger charge is 2.21. The van der Waals surface area contributed by atoms with Crippen LogP contribution in [0.4, 0.5) is 5.69 Å². The van der Waals surface area contributed by atoms with Crippen LogP contribution >= 0.6 is 0 Å². The Balaban J connectivity index is 2.22. The molecule has 0 radical (unpaired) electrons. The summed E-state index contributed by atoms with van der Waals surface area (Å²) in [4.78, 5) is 6.31. The van der Waals surface area contributed by atoms with Crippen molar-refractivity contribution in [1.29, 1.82) is 0 Å². The van der Waals surface area contributed by atoms with Gasteiger partial charge in [-0.2, -0.15) is 0 Å². The minimum atomic E-state index is -0.149. The number of hydrogen-bond donors (Lipinski definition) is 2. The van der Waals surface area contributed by atoms with Crippen molar-refractivity contribution in [2.45, 2.75) is 19.6 Å². The third-order valence-electron chi connectivity index (χ3n) is 2.95. The van der Waals surface area contributed by atoms with Crippen molar-refractivity contribution in [2.24, 2.45) is 0 Å². The Bertz CT molecular complexity index is 384. The van der Waals surface area contributed by atoms with Gasteiger partial charge in [-0.05, 0) is 13.0 Å². The minimum Gasteiger partial charge on any atom is -0.394 e. The standard InChI is InChI=1S/C12H18N2O3/c1-9-4-12(10(7-15)5-13-9)14-2-3-17-11(6-14)8-16/h4-5,11,15-16H,2-3,6-8H2,1H3. The molecule has 1 fully saturated rings. The second-order valence-electron chi connectivity index (χ2n) is 4.23. The smallest absolute Gasteiger partial charge is 0.0980 e. The van der Waals surface area contributed by atoms with E-state index >= 15 is 0 Å². The molecule has 0 aromatic carbocycles. The third-order valence-corrected chi connectivity index (χ3v) is 2.95. The average Bonchev–Trinajstić information content (AvgIpc) is 2.39. The van der Waals surface area contributed by atoms with Gasteiger partial charge in [0.05, 0.1) is 25.9 Å². The number of pyridine rings is 1. The van der Waals surface area contributed by atoms with Gasteiger partial charge in [-0.1, -0.05) is 0 Å². The number of aliphatic hydroxyl groups excluding tert-OH is 2. The molecule has 2 rings (SSSR count). The predicted molar refractivity (Wildman–Crippen MR) is 63.9 cm³/mol. The predicted octanol–water partition coefficient (Wildman–Crippen LogP) is 0.0798. The highest BCUT2D eigenvalue weighted by molar-refractivity contribution is 5.53. The summed E-state index contributed by atoms with van der Waals surface area (Å²) >= 11 is 0. The van der Waals surface area contributed by atoms with Crippen molar-refractivity contribution in [3.63, 3.8) is 0 Å². The van der Waals surface area contributed by atoms with Gasteiger partial charge in [-0.3, -0.25) is 4.98 Å². The van der Waals surface area contributed by atoms with Crippen molar-refractivity contribution in [3.8, 4) is 0 Å². The monoisotopic (exact) mass is 238 g/mol. The summed E-state index contributed by atoms with van der Waals surface area (Å²) in [6, 6.07) is 1.96. The second-order valence-corrected chi connectivity index (χ2v) is 4.23. The molecular weight excluding hydrogens is 220 g/mol. The van der Waals surface area contributed by atoms with Crippen LogP contribution in [0.1, 0.15) is 11.3 Å². The molecule has 1 saturated heterocycles. The second kappa shape index (κ2) is 5.44. The number of morpholine rings is 1. The Morgan fingerprint density at radius 2 is 2.35 bits per heavy atom. The van der Waals surface area contributed by atoms with E-state index in [-0.39, 0.29) is 19.3 Å². The van der Waals surface area contributed by atoms with Crippen LogP contribution in [0.25, 0.3) is 0 Å². The van der Waals surface area contributed by atoms with Crippen LogP contribution in [0.3, 0.4) is 0 Å². The maximum absolute atomic E-state index is 9.32. The first-order valence-electron chi connectivity index (χ1n) is 5.78. The quantitative estimate of drug-likeness (QED) is 0.780. The number of aryl methyl sites for hydroxylation is 1. The van der Waals surface area contributed by atoms with E-state index in [0.29, 0.717) is 13.2 Å². The Morgan fingerprint density at radius 3 is 3.06 bits per heavy atom. The van der Waals surface area contributed by atoms with E-state index in [2.05, 4.69) is 9.88 Å². The van der Waals surface area contributed by atoms with Crippen molar-refractivity contribution >= 4 is 5.69 Å². The van der Waals surface area contributed by atoms with Crippen molar-refractivity contribution in [2.75, 3.05) is 31.2 Å². The summed E-state index contributed by atoms with van der Waals surface area (Å²) in [5, 5.41) is 18.4. The first-order chi connectivity index (χ1) is 8.24. The molecule has 17 heavy (non-hydrogen) atoms. The van der Waals surface area contributed by atoms with Gasteiger partial charge in [0.15, 0.2) is 0 Å². The molecule has 94 valence electrons. The van der Waals surface area contributed by atoms with Gasteiger partial charge in [-0.15, -0.1) is 0 Å². The van der Waals surface area contributed by atoms with Gasteiger partial charge < -0.3 is 19.8 Å². The summed E-state index contributed by atoms with van der Waals surface area (Å²) in [5.41, 5.74) is 2.72. The average molecular weight is 238 g/mol. The molecule has 1 aliphatic rings. The zero-order chi connectivity index (χ0) is 12.3. The van der Waals surface area contributed by atoms with Crippen LogP contribution in [-0.2, 0) is 11.3 Å². The fourth-order valence-corrected chi connectivity index (χ4v) is 2.04. The molecule has 1 unspecified atom stereocenters. The number of aliphatic hydroxyl groups is 2. The Hall–Kier alpha value is -1.17. The topological polar surface area (TPSA) is 65.8 Å².